The lowest BCUT2D eigenvalue weighted by Crippen LogP contribution is -2.33. The second kappa shape index (κ2) is 6.02. The zero-order valence-corrected chi connectivity index (χ0v) is 13.3. The number of carboxylic acid groups (broad SMARTS) is 1. The van der Waals surface area contributed by atoms with Gasteiger partial charge < -0.3 is 5.11 Å². The van der Waals surface area contributed by atoms with Crippen molar-refractivity contribution < 1.29 is 14.7 Å². The Morgan fingerprint density at radius 1 is 1.42 bits per heavy atom. The number of benzene rings is 1. The number of carbonyl (C=O) groups is 2. The number of carbonyl (C=O) groups excluding carboxylic acids is 1. The topological polar surface area (TPSA) is 57.6 Å². The van der Waals surface area contributed by atoms with Crippen molar-refractivity contribution in [1.82, 2.24) is 4.90 Å². The molecular formula is C12H8INO3S2. The first-order valence-corrected chi connectivity index (χ1v) is 7.50. The molecule has 0 unspecified atom stereocenters. The van der Waals surface area contributed by atoms with Gasteiger partial charge in [0.05, 0.1) is 4.91 Å². The molecule has 7 heteroatoms. The molecule has 1 aliphatic rings. The first-order chi connectivity index (χ1) is 8.97. The lowest BCUT2D eigenvalue weighted by Gasteiger charge is -2.10. The molecule has 1 aromatic rings. The molecule has 1 fully saturated rings. The summed E-state index contributed by atoms with van der Waals surface area (Å²) in [6, 6.07) is 7.66. The maximum absolute atomic E-state index is 12.0. The van der Waals surface area contributed by atoms with Gasteiger partial charge in [-0.1, -0.05) is 36.1 Å². The average molecular weight is 405 g/mol. The Kier molecular flexibility index (Phi) is 4.58. The minimum Gasteiger partial charge on any atom is -0.480 e. The van der Waals surface area contributed by atoms with Crippen molar-refractivity contribution in [2.45, 2.75) is 0 Å². The van der Waals surface area contributed by atoms with Gasteiger partial charge in [0, 0.05) is 3.57 Å². The third kappa shape index (κ3) is 3.54. The highest BCUT2D eigenvalue weighted by Gasteiger charge is 2.33. The maximum Gasteiger partial charge on any atom is 0.323 e. The highest BCUT2D eigenvalue weighted by Crippen LogP contribution is 2.32. The van der Waals surface area contributed by atoms with Crippen LogP contribution < -0.4 is 0 Å². The summed E-state index contributed by atoms with van der Waals surface area (Å²) >= 11 is 8.34. The molecule has 1 aliphatic heterocycles. The molecule has 19 heavy (non-hydrogen) atoms. The van der Waals surface area contributed by atoms with Crippen molar-refractivity contribution >= 4 is 68.8 Å². The first kappa shape index (κ1) is 14.5. The van der Waals surface area contributed by atoms with Crippen molar-refractivity contribution in [1.29, 1.82) is 0 Å². The summed E-state index contributed by atoms with van der Waals surface area (Å²) in [7, 11) is 0. The predicted molar refractivity (Wildman–Crippen MR) is 86.7 cm³/mol. The molecule has 0 aliphatic carbocycles. The molecule has 0 radical (unpaired) electrons. The van der Waals surface area contributed by atoms with Crippen molar-refractivity contribution in [2.75, 3.05) is 6.54 Å². The van der Waals surface area contributed by atoms with E-state index in [-0.39, 0.29) is 10.2 Å². The fourth-order valence-corrected chi connectivity index (χ4v) is 3.10. The van der Waals surface area contributed by atoms with Gasteiger partial charge in [0.1, 0.15) is 10.9 Å². The number of thiocarbonyl (C=S) groups is 1. The quantitative estimate of drug-likeness (QED) is 0.476. The van der Waals surface area contributed by atoms with E-state index in [1.54, 1.807) is 6.08 Å². The van der Waals surface area contributed by atoms with Gasteiger partial charge in [-0.25, -0.2) is 0 Å². The third-order valence-electron chi connectivity index (χ3n) is 2.33. The number of hydrogen-bond acceptors (Lipinski definition) is 4. The summed E-state index contributed by atoms with van der Waals surface area (Å²) < 4.78 is 1.39. The molecule has 1 amide bonds. The van der Waals surface area contributed by atoms with E-state index in [0.29, 0.717) is 4.91 Å². The molecule has 1 N–H and O–H groups in total. The van der Waals surface area contributed by atoms with Crippen LogP contribution in [0.4, 0.5) is 0 Å². The molecule has 98 valence electrons. The number of rotatable bonds is 3. The number of hydrogen-bond donors (Lipinski definition) is 1. The van der Waals surface area contributed by atoms with Crippen LogP contribution in [0, 0.1) is 3.57 Å². The van der Waals surface area contributed by atoms with Gasteiger partial charge in [-0.05, 0) is 46.4 Å². The number of thioether (sulfide) groups is 1. The highest BCUT2D eigenvalue weighted by molar-refractivity contribution is 14.1. The van der Waals surface area contributed by atoms with E-state index in [0.717, 1.165) is 25.8 Å². The molecule has 0 spiro atoms. The second-order valence-corrected chi connectivity index (χ2v) is 6.63. The lowest BCUT2D eigenvalue weighted by atomic mass is 10.2. The summed E-state index contributed by atoms with van der Waals surface area (Å²) in [5.41, 5.74) is 0.885. The van der Waals surface area contributed by atoms with Gasteiger partial charge in [-0.2, -0.15) is 0 Å². The Bertz CT molecular complexity index is 583. The number of aliphatic carboxylic acids is 1. The zero-order chi connectivity index (χ0) is 14.0. The smallest absolute Gasteiger partial charge is 0.323 e. The fraction of sp³-hybridized carbons (Fsp3) is 0.0833. The van der Waals surface area contributed by atoms with E-state index in [1.165, 1.54) is 0 Å². The van der Waals surface area contributed by atoms with Crippen LogP contribution in [-0.4, -0.2) is 32.7 Å². The Morgan fingerprint density at radius 2 is 2.05 bits per heavy atom. The van der Waals surface area contributed by atoms with E-state index in [1.807, 2.05) is 24.3 Å². The van der Waals surface area contributed by atoms with E-state index in [2.05, 4.69) is 22.6 Å². The minimum absolute atomic E-state index is 0.282. The first-order valence-electron chi connectivity index (χ1n) is 5.20. The zero-order valence-electron chi connectivity index (χ0n) is 9.50. The van der Waals surface area contributed by atoms with Crippen LogP contribution in [0.5, 0.6) is 0 Å². The molecule has 0 aromatic heterocycles. The lowest BCUT2D eigenvalue weighted by molar-refractivity contribution is -0.140. The number of halogens is 1. The molecule has 0 atom stereocenters. The van der Waals surface area contributed by atoms with Crippen LogP contribution >= 0.6 is 46.6 Å². The van der Waals surface area contributed by atoms with Gasteiger partial charge in [-0.15, -0.1) is 0 Å². The molecule has 1 heterocycles. The van der Waals surface area contributed by atoms with E-state index < -0.39 is 12.5 Å². The predicted octanol–water partition coefficient (Wildman–Crippen LogP) is 2.58. The second-order valence-electron chi connectivity index (χ2n) is 3.71. The number of nitrogens with zero attached hydrogens (tertiary/aromatic N) is 1. The van der Waals surface area contributed by atoms with Crippen LogP contribution in [0.25, 0.3) is 6.08 Å². The third-order valence-corrected chi connectivity index (χ3v) is 4.43. The number of carboxylic acids is 1. The van der Waals surface area contributed by atoms with Crippen LogP contribution in [0.2, 0.25) is 0 Å². The Hall–Kier alpha value is -0.930. The largest absolute Gasteiger partial charge is 0.480 e. The van der Waals surface area contributed by atoms with E-state index in [4.69, 9.17) is 17.3 Å². The van der Waals surface area contributed by atoms with E-state index in [9.17, 15) is 9.59 Å². The van der Waals surface area contributed by atoms with Crippen molar-refractivity contribution in [3.8, 4) is 0 Å². The average Bonchev–Trinajstić information content (AvgIpc) is 2.60. The minimum atomic E-state index is -1.08. The molecule has 1 aromatic carbocycles. The normalized spacial score (nSPS) is 17.3. The SMILES string of the molecule is O=C(O)CN1C(=O)/C(=C\c2ccc(I)cc2)SC1=S. The Morgan fingerprint density at radius 3 is 2.63 bits per heavy atom. The van der Waals surface area contributed by atoms with Crippen LogP contribution in [-0.2, 0) is 9.59 Å². The van der Waals surface area contributed by atoms with Crippen LogP contribution in [0.15, 0.2) is 29.2 Å². The van der Waals surface area contributed by atoms with Gasteiger partial charge in [-0.3, -0.25) is 14.5 Å². The van der Waals surface area contributed by atoms with Crippen molar-refractivity contribution in [3.05, 3.63) is 38.3 Å². The van der Waals surface area contributed by atoms with Crippen molar-refractivity contribution in [3.63, 3.8) is 0 Å². The van der Waals surface area contributed by atoms with Gasteiger partial charge in [0.2, 0.25) is 0 Å². The Balaban J connectivity index is 2.23. The van der Waals surface area contributed by atoms with Crippen molar-refractivity contribution in [2.24, 2.45) is 0 Å². The Labute approximate surface area is 133 Å². The fourth-order valence-electron chi connectivity index (χ4n) is 1.48. The summed E-state index contributed by atoms with van der Waals surface area (Å²) in [6.07, 6.45) is 1.72. The summed E-state index contributed by atoms with van der Waals surface area (Å²) in [4.78, 5) is 24.2. The monoisotopic (exact) mass is 405 g/mol. The standard InChI is InChI=1S/C12H8INO3S2/c13-8-3-1-7(2-4-8)5-9-11(17)14(6-10(15)16)12(18)19-9/h1-5H,6H2,(H,15,16)/b9-5+. The van der Waals surface area contributed by atoms with E-state index >= 15 is 0 Å². The summed E-state index contributed by atoms with van der Waals surface area (Å²) in [5, 5.41) is 8.73. The molecule has 2 rings (SSSR count). The van der Waals surface area contributed by atoms with Crippen LogP contribution in [0.1, 0.15) is 5.56 Å². The highest BCUT2D eigenvalue weighted by atomic mass is 127. The maximum atomic E-state index is 12.0. The molecule has 1 saturated heterocycles. The van der Waals surface area contributed by atoms with Gasteiger partial charge in [0.25, 0.3) is 5.91 Å². The molecular weight excluding hydrogens is 397 g/mol. The van der Waals surface area contributed by atoms with Gasteiger partial charge in [0.15, 0.2) is 0 Å². The molecule has 0 saturated carbocycles. The molecule has 4 nitrogen and oxygen atoms in total. The number of amides is 1. The molecule has 0 bridgehead atoms. The van der Waals surface area contributed by atoms with Gasteiger partial charge >= 0.3 is 5.97 Å². The summed E-state index contributed by atoms with van der Waals surface area (Å²) in [6.45, 7) is -0.394. The van der Waals surface area contributed by atoms with Crippen LogP contribution in [0.3, 0.4) is 0 Å². The summed E-state index contributed by atoms with van der Waals surface area (Å²) in [5.74, 6) is -1.43.